The standard InChI is InChI=1S/C23H26Cl2N2O5S/c24-15-11-20-19(21(25)12-15)13-22(26-6-5-16(28)14-26)23(20)32-17-1-3-18(4-2-17)33(29,30)27-7-9-31-10-8-27/h1-4,11-12,16,22-23,28H,5-10,13-14H2/t16?,22-,23-/m0/s1. The molecule has 7 nitrogen and oxygen atoms in total. The number of β-amino-alcohol motifs (C(OH)–C–C–N with tert-alkyl or cyclic N) is 1. The molecule has 178 valence electrons. The number of nitrogens with zero attached hydrogens (tertiary/aromatic N) is 2. The van der Waals surface area contributed by atoms with Crippen LogP contribution in [0.1, 0.15) is 23.7 Å². The third-order valence-corrected chi connectivity index (χ3v) is 9.09. The molecule has 2 saturated heterocycles. The van der Waals surface area contributed by atoms with Crippen molar-refractivity contribution in [3.63, 3.8) is 0 Å². The van der Waals surface area contributed by atoms with Gasteiger partial charge in [0.2, 0.25) is 10.0 Å². The minimum atomic E-state index is -3.57. The first-order valence-electron chi connectivity index (χ1n) is 11.1. The fraction of sp³-hybridized carbons (Fsp3) is 0.478. The predicted molar refractivity (Wildman–Crippen MR) is 126 cm³/mol. The van der Waals surface area contributed by atoms with Crippen LogP contribution in [0.4, 0.5) is 0 Å². The molecule has 0 amide bonds. The smallest absolute Gasteiger partial charge is 0.243 e. The molecule has 0 spiro atoms. The molecular weight excluding hydrogens is 487 g/mol. The van der Waals surface area contributed by atoms with Gasteiger partial charge in [-0.3, -0.25) is 4.90 Å². The molecule has 3 atom stereocenters. The Kier molecular flexibility index (Phi) is 6.61. The van der Waals surface area contributed by atoms with Crippen molar-refractivity contribution in [3.8, 4) is 5.75 Å². The van der Waals surface area contributed by atoms with Gasteiger partial charge in [-0.2, -0.15) is 4.31 Å². The summed E-state index contributed by atoms with van der Waals surface area (Å²) >= 11 is 12.8. The van der Waals surface area contributed by atoms with Crippen molar-refractivity contribution in [3.05, 3.63) is 57.6 Å². The number of fused-ring (bicyclic) bond motifs is 1. The van der Waals surface area contributed by atoms with Crippen LogP contribution in [0.2, 0.25) is 10.0 Å². The molecule has 0 saturated carbocycles. The number of ether oxygens (including phenoxy) is 2. The molecule has 2 aromatic carbocycles. The van der Waals surface area contributed by atoms with Crippen LogP contribution in [-0.4, -0.2) is 74.3 Å². The van der Waals surface area contributed by atoms with Crippen molar-refractivity contribution in [2.45, 2.75) is 36.0 Å². The number of halogens is 2. The van der Waals surface area contributed by atoms with Crippen LogP contribution >= 0.6 is 23.2 Å². The lowest BCUT2D eigenvalue weighted by atomic mass is 10.1. The molecule has 0 aromatic heterocycles. The van der Waals surface area contributed by atoms with E-state index in [-0.39, 0.29) is 23.1 Å². The van der Waals surface area contributed by atoms with E-state index in [1.807, 2.05) is 6.07 Å². The van der Waals surface area contributed by atoms with Gasteiger partial charge in [0, 0.05) is 41.8 Å². The number of aliphatic hydroxyl groups excluding tert-OH is 1. The van der Waals surface area contributed by atoms with Crippen molar-refractivity contribution < 1.29 is 23.0 Å². The monoisotopic (exact) mass is 512 g/mol. The summed E-state index contributed by atoms with van der Waals surface area (Å²) in [5.41, 5.74) is 1.94. The molecule has 3 aliphatic rings. The van der Waals surface area contributed by atoms with E-state index in [1.165, 1.54) is 4.31 Å². The van der Waals surface area contributed by atoms with E-state index in [0.717, 1.165) is 24.1 Å². The Bertz CT molecular complexity index is 1120. The number of hydrogen-bond donors (Lipinski definition) is 1. The topological polar surface area (TPSA) is 79.3 Å². The minimum Gasteiger partial charge on any atom is -0.484 e. The van der Waals surface area contributed by atoms with Crippen LogP contribution in [0.5, 0.6) is 5.75 Å². The second-order valence-electron chi connectivity index (χ2n) is 8.69. The number of hydrogen-bond acceptors (Lipinski definition) is 6. The number of aliphatic hydroxyl groups is 1. The SMILES string of the molecule is O=S(=O)(c1ccc(O[C@H]2c3cc(Cl)cc(Cl)c3C[C@@H]2N2CCC(O)C2)cc1)N1CCOCC1. The first-order valence-corrected chi connectivity index (χ1v) is 13.3. The van der Waals surface area contributed by atoms with Crippen molar-refractivity contribution in [2.24, 2.45) is 0 Å². The highest BCUT2D eigenvalue weighted by Crippen LogP contribution is 2.43. The minimum absolute atomic E-state index is 0.00451. The highest BCUT2D eigenvalue weighted by molar-refractivity contribution is 7.89. The van der Waals surface area contributed by atoms with Gasteiger partial charge in [-0.25, -0.2) is 8.42 Å². The van der Waals surface area contributed by atoms with Crippen LogP contribution in [-0.2, 0) is 21.2 Å². The van der Waals surface area contributed by atoms with E-state index in [2.05, 4.69) is 4.90 Å². The molecule has 0 radical (unpaired) electrons. The summed E-state index contributed by atoms with van der Waals surface area (Å²) in [6.07, 6.45) is 0.746. The molecule has 1 N–H and O–H groups in total. The zero-order valence-corrected chi connectivity index (χ0v) is 20.3. The van der Waals surface area contributed by atoms with Gasteiger partial charge in [-0.1, -0.05) is 23.2 Å². The molecule has 2 heterocycles. The molecule has 1 unspecified atom stereocenters. The van der Waals surface area contributed by atoms with E-state index in [1.54, 1.807) is 30.3 Å². The van der Waals surface area contributed by atoms with Crippen LogP contribution in [0.3, 0.4) is 0 Å². The van der Waals surface area contributed by atoms with Crippen LogP contribution in [0.25, 0.3) is 0 Å². The van der Waals surface area contributed by atoms with Gasteiger partial charge in [0.25, 0.3) is 0 Å². The maximum Gasteiger partial charge on any atom is 0.243 e. The zero-order valence-electron chi connectivity index (χ0n) is 18.0. The van der Waals surface area contributed by atoms with Crippen molar-refractivity contribution in [1.82, 2.24) is 9.21 Å². The largest absolute Gasteiger partial charge is 0.484 e. The lowest BCUT2D eigenvalue weighted by Crippen LogP contribution is -2.40. The molecule has 2 fully saturated rings. The Labute approximate surface area is 203 Å². The van der Waals surface area contributed by atoms with E-state index in [9.17, 15) is 13.5 Å². The van der Waals surface area contributed by atoms with Gasteiger partial charge in [-0.15, -0.1) is 0 Å². The number of sulfonamides is 1. The third-order valence-electron chi connectivity index (χ3n) is 6.62. The van der Waals surface area contributed by atoms with Crippen LogP contribution < -0.4 is 4.74 Å². The second kappa shape index (κ2) is 9.34. The average Bonchev–Trinajstić information content (AvgIpc) is 3.39. The summed E-state index contributed by atoms with van der Waals surface area (Å²) in [6, 6.07) is 10.2. The highest BCUT2D eigenvalue weighted by Gasteiger charge is 2.41. The molecule has 2 aliphatic heterocycles. The fourth-order valence-electron chi connectivity index (χ4n) is 4.92. The van der Waals surface area contributed by atoms with Crippen LogP contribution in [0, 0.1) is 0 Å². The number of benzene rings is 2. The van der Waals surface area contributed by atoms with Gasteiger partial charge < -0.3 is 14.6 Å². The zero-order chi connectivity index (χ0) is 23.2. The quantitative estimate of drug-likeness (QED) is 0.662. The summed E-state index contributed by atoms with van der Waals surface area (Å²) in [5, 5.41) is 11.2. The van der Waals surface area contributed by atoms with Crippen LogP contribution in [0.15, 0.2) is 41.3 Å². The van der Waals surface area contributed by atoms with Crippen molar-refractivity contribution in [2.75, 3.05) is 39.4 Å². The number of likely N-dealkylation sites (tertiary alicyclic amines) is 1. The Morgan fingerprint density at radius 1 is 1.06 bits per heavy atom. The first-order chi connectivity index (χ1) is 15.8. The first kappa shape index (κ1) is 23.4. The van der Waals surface area contributed by atoms with E-state index in [0.29, 0.717) is 55.1 Å². The maximum absolute atomic E-state index is 12.9. The van der Waals surface area contributed by atoms with Gasteiger partial charge in [0.05, 0.1) is 30.3 Å². The Morgan fingerprint density at radius 2 is 1.79 bits per heavy atom. The summed E-state index contributed by atoms with van der Waals surface area (Å²) < 4.78 is 38.9. The maximum atomic E-state index is 12.9. The highest BCUT2D eigenvalue weighted by atomic mass is 35.5. The lowest BCUT2D eigenvalue weighted by Gasteiger charge is -2.30. The summed E-state index contributed by atoms with van der Waals surface area (Å²) in [6.45, 7) is 2.87. The molecule has 0 bridgehead atoms. The van der Waals surface area contributed by atoms with E-state index >= 15 is 0 Å². The average molecular weight is 513 g/mol. The molecule has 10 heteroatoms. The summed E-state index contributed by atoms with van der Waals surface area (Å²) in [4.78, 5) is 2.46. The second-order valence-corrected chi connectivity index (χ2v) is 11.5. The van der Waals surface area contributed by atoms with Crippen molar-refractivity contribution >= 4 is 33.2 Å². The van der Waals surface area contributed by atoms with Gasteiger partial charge in [-0.05, 0) is 54.8 Å². The summed E-state index contributed by atoms with van der Waals surface area (Å²) in [5.74, 6) is 0.564. The van der Waals surface area contributed by atoms with Gasteiger partial charge in [0.15, 0.2) is 0 Å². The summed E-state index contributed by atoms with van der Waals surface area (Å²) in [7, 11) is -3.57. The predicted octanol–water partition coefficient (Wildman–Crippen LogP) is 3.13. The molecular formula is C23H26Cl2N2O5S. The Morgan fingerprint density at radius 3 is 2.45 bits per heavy atom. The number of morpholine rings is 1. The van der Waals surface area contributed by atoms with Gasteiger partial charge >= 0.3 is 0 Å². The fourth-order valence-corrected chi connectivity index (χ4v) is 6.92. The molecule has 2 aromatic rings. The molecule has 33 heavy (non-hydrogen) atoms. The molecule has 1 aliphatic carbocycles. The Hall–Kier alpha value is -1.39. The Balaban J connectivity index is 1.40. The normalized spacial score (nSPS) is 26.5. The molecule has 5 rings (SSSR count). The lowest BCUT2D eigenvalue weighted by molar-refractivity contribution is 0.0730. The number of rotatable bonds is 5. The van der Waals surface area contributed by atoms with E-state index in [4.69, 9.17) is 32.7 Å². The van der Waals surface area contributed by atoms with Crippen molar-refractivity contribution in [1.29, 1.82) is 0 Å². The van der Waals surface area contributed by atoms with E-state index < -0.39 is 10.0 Å². The van der Waals surface area contributed by atoms with Gasteiger partial charge in [0.1, 0.15) is 11.9 Å². The third kappa shape index (κ3) is 4.62.